The smallest absolute Gasteiger partial charge is 0.242 e. The minimum atomic E-state index is -0.672. The van der Waals surface area contributed by atoms with Crippen LogP contribution in [0.15, 0.2) is 54.6 Å². The molecule has 9 heteroatoms. The number of piperazine rings is 1. The number of nitrogens with one attached hydrogen (secondary N) is 1. The summed E-state index contributed by atoms with van der Waals surface area (Å²) in [6.45, 7) is 4.86. The molecule has 0 bridgehead atoms. The maximum absolute atomic E-state index is 13.1. The first kappa shape index (κ1) is 22.6. The molecule has 1 atom stereocenters. The fraction of sp³-hybridized carbons (Fsp3) is 0.348. The fourth-order valence-electron chi connectivity index (χ4n) is 3.59. The molecule has 2 heterocycles. The normalized spacial score (nSPS) is 15.5. The molecule has 1 unspecified atom stereocenters. The first-order valence-electron chi connectivity index (χ1n) is 10.6. The minimum absolute atomic E-state index is 0.168. The monoisotopic (exact) mass is 473 g/mol. The summed E-state index contributed by atoms with van der Waals surface area (Å²) in [5.41, 5.74) is 1.80. The zero-order valence-electron chi connectivity index (χ0n) is 17.6. The molecule has 1 aromatic heterocycles. The van der Waals surface area contributed by atoms with E-state index in [1.54, 1.807) is 12.1 Å². The third-order valence-corrected chi connectivity index (χ3v) is 6.69. The van der Waals surface area contributed by atoms with Gasteiger partial charge in [-0.3, -0.25) is 9.69 Å². The molecule has 168 valence electrons. The van der Waals surface area contributed by atoms with Crippen LogP contribution in [0, 0.1) is 5.82 Å². The SMILES string of the molecule is O=C(NCCN1CCN(c2nc(Cc3ccc(F)cc3)ns2)CC1)C(Cl)c1ccccc1. The fourth-order valence-corrected chi connectivity index (χ4v) is 4.55. The van der Waals surface area contributed by atoms with Gasteiger partial charge in [-0.25, -0.2) is 9.37 Å². The van der Waals surface area contributed by atoms with Gasteiger partial charge in [-0.2, -0.15) is 4.37 Å². The van der Waals surface area contributed by atoms with E-state index < -0.39 is 5.38 Å². The molecular formula is C23H25ClFN5OS. The highest BCUT2D eigenvalue weighted by Crippen LogP contribution is 2.21. The van der Waals surface area contributed by atoms with Crippen LogP contribution in [0.1, 0.15) is 22.3 Å². The summed E-state index contributed by atoms with van der Waals surface area (Å²) in [6, 6.07) is 15.8. The van der Waals surface area contributed by atoms with Crippen LogP contribution in [0.25, 0.3) is 0 Å². The molecule has 0 radical (unpaired) electrons. The number of halogens is 2. The Morgan fingerprint density at radius 3 is 2.53 bits per heavy atom. The van der Waals surface area contributed by atoms with Crippen LogP contribution in [0.2, 0.25) is 0 Å². The Labute approximate surface area is 196 Å². The van der Waals surface area contributed by atoms with E-state index in [9.17, 15) is 9.18 Å². The molecule has 32 heavy (non-hydrogen) atoms. The second kappa shape index (κ2) is 10.8. The molecule has 1 aliphatic heterocycles. The first-order chi connectivity index (χ1) is 15.6. The molecule has 1 amide bonds. The summed E-state index contributed by atoms with van der Waals surface area (Å²) in [5, 5.41) is 3.18. The Balaban J connectivity index is 1.19. The number of anilines is 1. The van der Waals surface area contributed by atoms with Crippen molar-refractivity contribution in [3.63, 3.8) is 0 Å². The van der Waals surface area contributed by atoms with Gasteiger partial charge in [0.1, 0.15) is 17.0 Å². The average molecular weight is 474 g/mol. The number of nitrogens with zero attached hydrogens (tertiary/aromatic N) is 4. The van der Waals surface area contributed by atoms with Gasteiger partial charge >= 0.3 is 0 Å². The Kier molecular flexibility index (Phi) is 7.68. The van der Waals surface area contributed by atoms with Gasteiger partial charge < -0.3 is 10.2 Å². The second-order valence-corrected chi connectivity index (χ2v) is 8.86. The number of aromatic nitrogens is 2. The number of hydrogen-bond acceptors (Lipinski definition) is 6. The van der Waals surface area contributed by atoms with E-state index in [0.29, 0.717) is 13.0 Å². The van der Waals surface area contributed by atoms with Crippen molar-refractivity contribution < 1.29 is 9.18 Å². The number of amides is 1. The number of alkyl halides is 1. The van der Waals surface area contributed by atoms with Crippen molar-refractivity contribution in [3.8, 4) is 0 Å². The zero-order valence-corrected chi connectivity index (χ0v) is 19.2. The van der Waals surface area contributed by atoms with Crippen molar-refractivity contribution in [2.45, 2.75) is 11.8 Å². The van der Waals surface area contributed by atoms with Gasteiger partial charge in [0.05, 0.1) is 0 Å². The highest BCUT2D eigenvalue weighted by atomic mass is 35.5. The van der Waals surface area contributed by atoms with E-state index in [-0.39, 0.29) is 11.7 Å². The van der Waals surface area contributed by atoms with Gasteiger partial charge in [0.2, 0.25) is 11.0 Å². The average Bonchev–Trinajstić information content (AvgIpc) is 3.29. The van der Waals surface area contributed by atoms with E-state index in [2.05, 4.69) is 24.5 Å². The highest BCUT2D eigenvalue weighted by molar-refractivity contribution is 7.09. The van der Waals surface area contributed by atoms with Crippen molar-refractivity contribution in [3.05, 3.63) is 77.4 Å². The molecule has 1 saturated heterocycles. The van der Waals surface area contributed by atoms with Crippen LogP contribution in [0.3, 0.4) is 0 Å². The summed E-state index contributed by atoms with van der Waals surface area (Å²) in [5.74, 6) is 0.353. The Morgan fingerprint density at radius 2 is 1.81 bits per heavy atom. The Bertz CT molecular complexity index is 1010. The molecule has 4 rings (SSSR count). The summed E-state index contributed by atoms with van der Waals surface area (Å²) >= 11 is 7.67. The van der Waals surface area contributed by atoms with Crippen LogP contribution in [-0.4, -0.2) is 59.4 Å². The predicted molar refractivity (Wildman–Crippen MR) is 126 cm³/mol. The molecule has 1 aliphatic rings. The van der Waals surface area contributed by atoms with Gasteiger partial charge in [-0.15, -0.1) is 11.6 Å². The molecule has 3 aromatic rings. The zero-order chi connectivity index (χ0) is 22.3. The van der Waals surface area contributed by atoms with E-state index in [0.717, 1.165) is 54.8 Å². The lowest BCUT2D eigenvalue weighted by atomic mass is 10.1. The molecule has 0 saturated carbocycles. The maximum atomic E-state index is 13.1. The maximum Gasteiger partial charge on any atom is 0.242 e. The van der Waals surface area contributed by atoms with Crippen LogP contribution in [0.4, 0.5) is 9.52 Å². The Hall–Kier alpha value is -2.55. The first-order valence-corrected chi connectivity index (χ1v) is 11.8. The third kappa shape index (κ3) is 6.03. The number of carbonyl (C=O) groups excluding carboxylic acids is 1. The number of rotatable bonds is 8. The molecule has 0 spiro atoms. The van der Waals surface area contributed by atoms with Crippen molar-refractivity contribution in [2.24, 2.45) is 0 Å². The third-order valence-electron chi connectivity index (χ3n) is 5.43. The lowest BCUT2D eigenvalue weighted by molar-refractivity contribution is -0.120. The van der Waals surface area contributed by atoms with Crippen LogP contribution in [-0.2, 0) is 11.2 Å². The quantitative estimate of drug-likeness (QED) is 0.507. The summed E-state index contributed by atoms with van der Waals surface area (Å²) < 4.78 is 17.5. The largest absolute Gasteiger partial charge is 0.353 e. The van der Waals surface area contributed by atoms with E-state index in [1.165, 1.54) is 23.7 Å². The van der Waals surface area contributed by atoms with Gasteiger partial charge in [-0.1, -0.05) is 42.5 Å². The van der Waals surface area contributed by atoms with Gasteiger partial charge in [0.25, 0.3) is 0 Å². The molecule has 1 N–H and O–H groups in total. The molecule has 2 aromatic carbocycles. The standard InChI is InChI=1S/C23H25ClFN5OS/c24-21(18-4-2-1-3-5-18)22(31)26-10-11-29-12-14-30(15-13-29)23-27-20(28-32-23)16-17-6-8-19(25)9-7-17/h1-9,21H,10-16H2,(H,26,31). The van der Waals surface area contributed by atoms with E-state index in [4.69, 9.17) is 11.6 Å². The lowest BCUT2D eigenvalue weighted by Gasteiger charge is -2.34. The van der Waals surface area contributed by atoms with Gasteiger partial charge in [0.15, 0.2) is 0 Å². The summed E-state index contributed by atoms with van der Waals surface area (Å²) in [7, 11) is 0. The van der Waals surface area contributed by atoms with Crippen molar-refractivity contribution in [1.29, 1.82) is 0 Å². The van der Waals surface area contributed by atoms with Crippen molar-refractivity contribution >= 4 is 34.2 Å². The topological polar surface area (TPSA) is 61.4 Å². The van der Waals surface area contributed by atoms with Crippen LogP contribution >= 0.6 is 23.1 Å². The van der Waals surface area contributed by atoms with E-state index >= 15 is 0 Å². The molecular weight excluding hydrogens is 449 g/mol. The number of hydrogen-bond donors (Lipinski definition) is 1. The van der Waals surface area contributed by atoms with Crippen LogP contribution in [0.5, 0.6) is 0 Å². The van der Waals surface area contributed by atoms with Gasteiger partial charge in [-0.05, 0) is 23.3 Å². The lowest BCUT2D eigenvalue weighted by Crippen LogP contribution is -2.48. The highest BCUT2D eigenvalue weighted by Gasteiger charge is 2.21. The molecule has 6 nitrogen and oxygen atoms in total. The second-order valence-electron chi connectivity index (χ2n) is 7.69. The summed E-state index contributed by atoms with van der Waals surface area (Å²) in [4.78, 5) is 21.5. The van der Waals surface area contributed by atoms with Gasteiger partial charge in [0, 0.05) is 57.2 Å². The minimum Gasteiger partial charge on any atom is -0.353 e. The Morgan fingerprint density at radius 1 is 1.09 bits per heavy atom. The van der Waals surface area contributed by atoms with Crippen LogP contribution < -0.4 is 10.2 Å². The molecule has 0 aliphatic carbocycles. The number of carbonyl (C=O) groups is 1. The van der Waals surface area contributed by atoms with E-state index in [1.807, 2.05) is 30.3 Å². The summed E-state index contributed by atoms with van der Waals surface area (Å²) in [6.07, 6.45) is 0.598. The number of benzene rings is 2. The predicted octanol–water partition coefficient (Wildman–Crippen LogP) is 3.49. The molecule has 1 fully saturated rings. The van der Waals surface area contributed by atoms with Crippen molar-refractivity contribution in [2.75, 3.05) is 44.2 Å². The van der Waals surface area contributed by atoms with Crippen molar-refractivity contribution in [1.82, 2.24) is 19.6 Å².